The molecule has 0 saturated carbocycles. The van der Waals surface area contributed by atoms with Crippen molar-refractivity contribution >= 4 is 22.0 Å². The first-order valence-electron chi connectivity index (χ1n) is 1.89. The molecular formula is C4H6N2S. The van der Waals surface area contributed by atoms with Crippen molar-refractivity contribution in [3.8, 4) is 0 Å². The number of hydrogen-bond acceptors (Lipinski definition) is 3. The summed E-state index contributed by atoms with van der Waals surface area (Å²) in [6.07, 6.45) is 0. The van der Waals surface area contributed by atoms with Crippen molar-refractivity contribution in [2.45, 2.75) is 0 Å². The van der Waals surface area contributed by atoms with Gasteiger partial charge in [0.1, 0.15) is 5.00 Å². The highest BCUT2D eigenvalue weighted by Crippen LogP contribution is 2.19. The molecule has 0 amide bonds. The Labute approximate surface area is 45.8 Å². The molecule has 2 nitrogen and oxygen atoms in total. The van der Waals surface area contributed by atoms with Crippen LogP contribution in [0.1, 0.15) is 0 Å². The van der Waals surface area contributed by atoms with Gasteiger partial charge in [0.15, 0.2) is 0 Å². The monoisotopic (exact) mass is 114 g/mol. The van der Waals surface area contributed by atoms with Gasteiger partial charge in [-0.2, -0.15) is 0 Å². The Hall–Kier alpha value is -0.700. The van der Waals surface area contributed by atoms with Crippen molar-refractivity contribution in [2.24, 2.45) is 0 Å². The highest BCUT2D eigenvalue weighted by atomic mass is 32.1. The van der Waals surface area contributed by atoms with Crippen LogP contribution < -0.4 is 11.5 Å². The Balaban J connectivity index is 3.12. The van der Waals surface area contributed by atoms with E-state index in [1.54, 1.807) is 6.07 Å². The highest BCUT2D eigenvalue weighted by Gasteiger charge is 1.88. The van der Waals surface area contributed by atoms with Crippen LogP contribution >= 0.6 is 11.3 Å². The van der Waals surface area contributed by atoms with Crippen LogP contribution in [0, 0.1) is 0 Å². The van der Waals surface area contributed by atoms with Crippen molar-refractivity contribution in [2.75, 3.05) is 11.5 Å². The van der Waals surface area contributed by atoms with Crippen molar-refractivity contribution in [1.82, 2.24) is 0 Å². The first-order chi connectivity index (χ1) is 3.30. The van der Waals surface area contributed by atoms with Gasteiger partial charge in [0.05, 0.1) is 5.69 Å². The second-order valence-electron chi connectivity index (χ2n) is 1.24. The van der Waals surface area contributed by atoms with E-state index in [1.807, 2.05) is 5.38 Å². The van der Waals surface area contributed by atoms with Crippen molar-refractivity contribution < 1.29 is 0 Å². The predicted molar refractivity (Wildman–Crippen MR) is 33.1 cm³/mol. The largest absolute Gasteiger partial charge is 0.396 e. The van der Waals surface area contributed by atoms with Gasteiger partial charge in [-0.25, -0.2) is 0 Å². The molecule has 7 heavy (non-hydrogen) atoms. The maximum absolute atomic E-state index is 5.33. The van der Waals surface area contributed by atoms with Gasteiger partial charge in [-0.3, -0.25) is 0 Å². The minimum atomic E-state index is 0.685. The third kappa shape index (κ3) is 0.667. The Morgan fingerprint density at radius 3 is 2.29 bits per heavy atom. The number of thiophene rings is 1. The average Bonchev–Trinajstić information content (AvgIpc) is 1.91. The molecule has 1 aromatic heterocycles. The van der Waals surface area contributed by atoms with E-state index in [9.17, 15) is 0 Å². The van der Waals surface area contributed by atoms with Gasteiger partial charge >= 0.3 is 0 Å². The fourth-order valence-electron chi connectivity index (χ4n) is 0.331. The van der Waals surface area contributed by atoms with Crippen LogP contribution in [0.5, 0.6) is 0 Å². The van der Waals surface area contributed by atoms with Crippen molar-refractivity contribution in [3.05, 3.63) is 11.4 Å². The van der Waals surface area contributed by atoms with Gasteiger partial charge in [-0.15, -0.1) is 11.3 Å². The van der Waals surface area contributed by atoms with E-state index >= 15 is 0 Å². The molecule has 0 spiro atoms. The molecule has 3 heteroatoms. The molecule has 0 aromatic carbocycles. The second kappa shape index (κ2) is 1.42. The lowest BCUT2D eigenvalue weighted by Crippen LogP contribution is -1.86. The molecule has 0 aliphatic rings. The molecular weight excluding hydrogens is 108 g/mol. The van der Waals surface area contributed by atoms with E-state index in [-0.39, 0.29) is 0 Å². The van der Waals surface area contributed by atoms with Crippen LogP contribution in [0.4, 0.5) is 10.7 Å². The fraction of sp³-hybridized carbons (Fsp3) is 0. The lowest BCUT2D eigenvalue weighted by atomic mass is 10.5. The van der Waals surface area contributed by atoms with Crippen LogP contribution in [0.15, 0.2) is 11.4 Å². The third-order valence-electron chi connectivity index (χ3n) is 0.727. The standard InChI is InChI=1S/C4H6N2S/c5-3-1-2-7-4(3)6/h1-2H,5-6H2. The highest BCUT2D eigenvalue weighted by molar-refractivity contribution is 7.14. The van der Waals surface area contributed by atoms with Gasteiger partial charge in [0.25, 0.3) is 0 Å². The maximum Gasteiger partial charge on any atom is 0.109 e. The molecule has 0 aliphatic heterocycles. The summed E-state index contributed by atoms with van der Waals surface area (Å²) in [5.41, 5.74) is 11.3. The van der Waals surface area contributed by atoms with E-state index in [2.05, 4.69) is 0 Å². The number of hydrogen-bond donors (Lipinski definition) is 2. The van der Waals surface area contributed by atoms with Gasteiger partial charge < -0.3 is 11.5 Å². The fourth-order valence-corrected chi connectivity index (χ4v) is 0.896. The van der Waals surface area contributed by atoms with Crippen LogP contribution in [0.25, 0.3) is 0 Å². The van der Waals surface area contributed by atoms with Crippen molar-refractivity contribution in [1.29, 1.82) is 0 Å². The topological polar surface area (TPSA) is 52.0 Å². The first kappa shape index (κ1) is 4.46. The molecule has 1 aromatic rings. The first-order valence-corrected chi connectivity index (χ1v) is 2.77. The van der Waals surface area contributed by atoms with Crippen LogP contribution in [0.3, 0.4) is 0 Å². The minimum Gasteiger partial charge on any atom is -0.396 e. The molecule has 1 rings (SSSR count). The molecule has 0 aliphatic carbocycles. The molecule has 0 atom stereocenters. The molecule has 0 fully saturated rings. The van der Waals surface area contributed by atoms with Gasteiger partial charge in [-0.1, -0.05) is 0 Å². The van der Waals surface area contributed by atoms with E-state index in [4.69, 9.17) is 11.5 Å². The Morgan fingerprint density at radius 1 is 1.43 bits per heavy atom. The van der Waals surface area contributed by atoms with Crippen molar-refractivity contribution in [3.63, 3.8) is 0 Å². The smallest absolute Gasteiger partial charge is 0.109 e. The predicted octanol–water partition coefficient (Wildman–Crippen LogP) is 0.913. The third-order valence-corrected chi connectivity index (χ3v) is 1.49. The molecule has 1 heterocycles. The Morgan fingerprint density at radius 2 is 2.14 bits per heavy atom. The number of nitrogen functional groups attached to an aromatic ring is 2. The van der Waals surface area contributed by atoms with Crippen LogP contribution in [-0.4, -0.2) is 0 Å². The lowest BCUT2D eigenvalue weighted by Gasteiger charge is -1.81. The quantitative estimate of drug-likeness (QED) is 0.526. The van der Waals surface area contributed by atoms with Crippen LogP contribution in [-0.2, 0) is 0 Å². The molecule has 4 N–H and O–H groups in total. The van der Waals surface area contributed by atoms with Gasteiger partial charge in [0, 0.05) is 0 Å². The van der Waals surface area contributed by atoms with E-state index < -0.39 is 0 Å². The molecule has 38 valence electrons. The number of anilines is 2. The summed E-state index contributed by atoms with van der Waals surface area (Å²) in [6.45, 7) is 0. The summed E-state index contributed by atoms with van der Waals surface area (Å²) in [6, 6.07) is 1.79. The maximum atomic E-state index is 5.33. The molecule has 0 saturated heterocycles. The summed E-state index contributed by atoms with van der Waals surface area (Å²) in [7, 11) is 0. The van der Waals surface area contributed by atoms with Gasteiger partial charge in [-0.05, 0) is 11.4 Å². The van der Waals surface area contributed by atoms with Crippen LogP contribution in [0.2, 0.25) is 0 Å². The summed E-state index contributed by atoms with van der Waals surface area (Å²) < 4.78 is 0. The van der Waals surface area contributed by atoms with E-state index in [0.717, 1.165) is 0 Å². The number of nitrogens with two attached hydrogens (primary N) is 2. The lowest BCUT2D eigenvalue weighted by molar-refractivity contribution is 1.85. The Kier molecular flexibility index (Phi) is 0.906. The molecule has 0 bridgehead atoms. The average molecular weight is 114 g/mol. The minimum absolute atomic E-state index is 0.685. The normalized spacial score (nSPS) is 9.14. The van der Waals surface area contributed by atoms with E-state index in [0.29, 0.717) is 10.7 Å². The zero-order valence-corrected chi connectivity index (χ0v) is 4.53. The molecule has 0 unspecified atom stereocenters. The number of rotatable bonds is 0. The summed E-state index contributed by atoms with van der Waals surface area (Å²) >= 11 is 1.46. The molecule has 0 radical (unpaired) electrons. The van der Waals surface area contributed by atoms with E-state index in [1.165, 1.54) is 11.3 Å². The Bertz CT molecular complexity index is 142. The zero-order chi connectivity index (χ0) is 5.28. The second-order valence-corrected chi connectivity index (χ2v) is 2.19. The SMILES string of the molecule is Nc1ccsc1N. The summed E-state index contributed by atoms with van der Waals surface area (Å²) in [5.74, 6) is 0. The summed E-state index contributed by atoms with van der Waals surface area (Å²) in [4.78, 5) is 0. The zero-order valence-electron chi connectivity index (χ0n) is 3.72. The summed E-state index contributed by atoms with van der Waals surface area (Å²) in [5, 5.41) is 2.57. The van der Waals surface area contributed by atoms with Gasteiger partial charge in [0.2, 0.25) is 0 Å².